The number of aliphatic carboxylic acids is 1. The number of aromatic nitrogens is 2. The highest BCUT2D eigenvalue weighted by atomic mass is 16.4. The number of benzene rings is 2. The quantitative estimate of drug-likeness (QED) is 0.0254. The Morgan fingerprint density at radius 2 is 1.38 bits per heavy atom. The highest BCUT2D eigenvalue weighted by Gasteiger charge is 2.43. The minimum Gasteiger partial charge on any atom is -0.508 e. The number of carbonyl (C=O) groups is 8. The minimum absolute atomic E-state index is 0.0114. The number of imidazole rings is 1. The number of hydrogen-bond acceptors (Lipinski definition) is 12. The standard InChI is InChI=1S/C49H71N13O10/c1-7-28(4)39(44(68)57-35(24-31-25-53-26-55-31)45(69)62-21-19-37(62)42(66)58-36(46(70)71)23-29-12-9-8-10-13-29)61-41(65)34(22-30-15-17-32(63)18-16-30)56-43(67)38(27(2)3)60-40(64)33(14-11-20-54-48(50)51)59-47(72)49(5,6)52/h8-10,12-13,15-18,25-28,33-39,63H,7,11,14,19-24,52H2,1-6H3,(H,53,55)(H,56,67)(H,57,68)(H,58,66)(H,59,72)(H,60,64)(H,61,65)(H,70,71)(H4,50,51,54)/t28-,33-,34-,35-,36-,37?,38-,39-/m0/s1. The van der Waals surface area contributed by atoms with Crippen LogP contribution in [0.2, 0.25) is 0 Å². The van der Waals surface area contributed by atoms with Crippen molar-refractivity contribution in [1.29, 1.82) is 0 Å². The molecule has 1 aliphatic rings. The van der Waals surface area contributed by atoms with Gasteiger partial charge in [-0.25, -0.2) is 9.78 Å². The molecule has 0 saturated carbocycles. The number of nitrogens with one attached hydrogen (secondary N) is 7. The Bertz CT molecular complexity index is 2350. The number of aromatic amines is 1. The summed E-state index contributed by atoms with van der Waals surface area (Å²) in [6.45, 7) is 10.1. The zero-order valence-corrected chi connectivity index (χ0v) is 41.6. The number of guanidine groups is 1. The van der Waals surface area contributed by atoms with Gasteiger partial charge in [-0.2, -0.15) is 0 Å². The fraction of sp³-hybridized carbons (Fsp3) is 0.510. The first-order valence-electron chi connectivity index (χ1n) is 24.0. The molecule has 392 valence electrons. The third-order valence-corrected chi connectivity index (χ3v) is 12.3. The van der Waals surface area contributed by atoms with Gasteiger partial charge in [0.2, 0.25) is 41.4 Å². The molecule has 4 rings (SSSR count). The van der Waals surface area contributed by atoms with Crippen molar-refractivity contribution in [2.24, 2.45) is 34.0 Å². The average molecular weight is 1000 g/mol. The lowest BCUT2D eigenvalue weighted by molar-refractivity contribution is -0.151. The Morgan fingerprint density at radius 1 is 0.778 bits per heavy atom. The van der Waals surface area contributed by atoms with Gasteiger partial charge in [0, 0.05) is 44.2 Å². The van der Waals surface area contributed by atoms with Crippen LogP contribution in [0.25, 0.3) is 0 Å². The second-order valence-corrected chi connectivity index (χ2v) is 19.0. The van der Waals surface area contributed by atoms with Crippen LogP contribution in [0.3, 0.4) is 0 Å². The lowest BCUT2D eigenvalue weighted by atomic mass is 9.95. The van der Waals surface area contributed by atoms with Crippen LogP contribution in [0.15, 0.2) is 72.1 Å². The molecule has 8 atom stereocenters. The molecular weight excluding hydrogens is 931 g/mol. The second kappa shape index (κ2) is 26.6. The van der Waals surface area contributed by atoms with Crippen LogP contribution >= 0.6 is 0 Å². The molecule has 0 bridgehead atoms. The van der Waals surface area contributed by atoms with Crippen molar-refractivity contribution in [1.82, 2.24) is 46.8 Å². The van der Waals surface area contributed by atoms with E-state index in [1.807, 2.05) is 0 Å². The summed E-state index contributed by atoms with van der Waals surface area (Å²) in [5.41, 5.74) is 17.2. The number of phenolic OH excluding ortho intramolecular Hbond substituents is 1. The van der Waals surface area contributed by atoms with Gasteiger partial charge in [-0.1, -0.05) is 76.6 Å². The van der Waals surface area contributed by atoms with Gasteiger partial charge in [-0.05, 0) is 68.2 Å². The van der Waals surface area contributed by atoms with Crippen LogP contribution < -0.4 is 49.1 Å². The maximum Gasteiger partial charge on any atom is 0.326 e. The van der Waals surface area contributed by atoms with E-state index in [4.69, 9.17) is 17.2 Å². The first-order chi connectivity index (χ1) is 34.0. The molecular formula is C49H71N13O10. The number of rotatable bonds is 27. The Kier molecular flexibility index (Phi) is 21.1. The van der Waals surface area contributed by atoms with Gasteiger partial charge in [0.05, 0.1) is 11.9 Å². The normalized spacial score (nSPS) is 16.2. The number of carboxylic acids is 1. The Morgan fingerprint density at radius 3 is 1.93 bits per heavy atom. The summed E-state index contributed by atoms with van der Waals surface area (Å²) in [5.74, 6) is -7.49. The highest BCUT2D eigenvalue weighted by Crippen LogP contribution is 2.22. The van der Waals surface area contributed by atoms with E-state index in [1.54, 1.807) is 70.2 Å². The first kappa shape index (κ1) is 57.0. The van der Waals surface area contributed by atoms with Gasteiger partial charge in [-0.15, -0.1) is 0 Å². The summed E-state index contributed by atoms with van der Waals surface area (Å²) in [6.07, 6.45) is 3.63. The first-order valence-corrected chi connectivity index (χ1v) is 24.0. The topological polar surface area (TPSA) is 372 Å². The van der Waals surface area contributed by atoms with Crippen LogP contribution in [0, 0.1) is 11.8 Å². The molecule has 23 heteroatoms. The molecule has 0 radical (unpaired) electrons. The van der Waals surface area contributed by atoms with E-state index < -0.39 is 107 Å². The molecule has 1 unspecified atom stereocenters. The summed E-state index contributed by atoms with van der Waals surface area (Å²) >= 11 is 0. The Balaban J connectivity index is 1.57. The summed E-state index contributed by atoms with van der Waals surface area (Å²) in [4.78, 5) is 122. The van der Waals surface area contributed by atoms with E-state index in [0.29, 0.717) is 23.2 Å². The number of carboxylic acid groups (broad SMARTS) is 1. The average Bonchev–Trinajstić information content (AvgIpc) is 3.83. The Hall–Kier alpha value is -7.56. The van der Waals surface area contributed by atoms with Gasteiger partial charge < -0.3 is 69.2 Å². The zero-order valence-electron chi connectivity index (χ0n) is 41.6. The predicted molar refractivity (Wildman–Crippen MR) is 266 cm³/mol. The molecule has 0 aliphatic carbocycles. The number of phenols is 1. The third-order valence-electron chi connectivity index (χ3n) is 12.3. The molecule has 2 heterocycles. The van der Waals surface area contributed by atoms with Crippen LogP contribution in [0.1, 0.15) is 84.0 Å². The number of likely N-dealkylation sites (tertiary alicyclic amines) is 1. The van der Waals surface area contributed by atoms with E-state index in [1.165, 1.54) is 43.4 Å². The van der Waals surface area contributed by atoms with Crippen LogP contribution in [-0.2, 0) is 57.6 Å². The number of aliphatic imine (C=N–C) groups is 1. The largest absolute Gasteiger partial charge is 0.508 e. The van der Waals surface area contributed by atoms with Crippen LogP contribution in [0.4, 0.5) is 0 Å². The van der Waals surface area contributed by atoms with E-state index in [2.05, 4.69) is 46.9 Å². The zero-order chi connectivity index (χ0) is 53.3. The summed E-state index contributed by atoms with van der Waals surface area (Å²) < 4.78 is 0. The molecule has 15 N–H and O–H groups in total. The second-order valence-electron chi connectivity index (χ2n) is 19.0. The maximum atomic E-state index is 14.5. The fourth-order valence-corrected chi connectivity index (χ4v) is 7.72. The number of carbonyl (C=O) groups excluding carboxylic acids is 7. The van der Waals surface area contributed by atoms with Crippen molar-refractivity contribution < 1.29 is 48.6 Å². The SMILES string of the molecule is CC[C@H](C)[C@H](NC(=O)[C@H](Cc1ccc(O)cc1)NC(=O)[C@@H](NC(=O)[C@H](CCCN=C(N)N)NC(=O)C(C)(C)N)C(C)C)C(=O)N[C@@H](Cc1cnc[nH]1)C(=O)N1CCC1C(=O)N[C@@H](Cc1ccccc1)C(=O)O. The molecule has 2 aromatic carbocycles. The van der Waals surface area contributed by atoms with Gasteiger partial charge in [0.1, 0.15) is 48.0 Å². The van der Waals surface area contributed by atoms with Gasteiger partial charge >= 0.3 is 5.97 Å². The number of amides is 7. The third kappa shape index (κ3) is 17.1. The predicted octanol–water partition coefficient (Wildman–Crippen LogP) is -0.770. The van der Waals surface area contributed by atoms with E-state index >= 15 is 0 Å². The van der Waals surface area contributed by atoms with Crippen molar-refractivity contribution in [2.75, 3.05) is 13.1 Å². The van der Waals surface area contributed by atoms with Gasteiger partial charge in [0.15, 0.2) is 5.96 Å². The number of H-pyrrole nitrogens is 1. The van der Waals surface area contributed by atoms with E-state index in [-0.39, 0.29) is 63.3 Å². The molecule has 0 spiro atoms. The fourth-order valence-electron chi connectivity index (χ4n) is 7.72. The number of hydrogen-bond donors (Lipinski definition) is 12. The molecule has 3 aromatic rings. The lowest BCUT2D eigenvalue weighted by Gasteiger charge is -2.42. The van der Waals surface area contributed by atoms with Crippen LogP contribution in [0.5, 0.6) is 5.75 Å². The van der Waals surface area contributed by atoms with Crippen molar-refractivity contribution in [3.05, 3.63) is 83.9 Å². The molecule has 23 nitrogen and oxygen atoms in total. The number of nitrogens with two attached hydrogens (primary N) is 3. The van der Waals surface area contributed by atoms with E-state index in [9.17, 15) is 48.6 Å². The van der Waals surface area contributed by atoms with Crippen molar-refractivity contribution in [2.45, 2.75) is 134 Å². The molecule has 1 aromatic heterocycles. The van der Waals surface area contributed by atoms with Crippen molar-refractivity contribution in [3.63, 3.8) is 0 Å². The minimum atomic E-state index is -1.37. The molecule has 1 saturated heterocycles. The van der Waals surface area contributed by atoms with Crippen molar-refractivity contribution in [3.8, 4) is 5.75 Å². The summed E-state index contributed by atoms with van der Waals surface area (Å²) in [7, 11) is 0. The van der Waals surface area contributed by atoms with E-state index in [0.717, 1.165) is 0 Å². The van der Waals surface area contributed by atoms with Gasteiger partial charge in [-0.3, -0.25) is 38.6 Å². The van der Waals surface area contributed by atoms with Crippen LogP contribution in [-0.4, -0.2) is 139 Å². The highest BCUT2D eigenvalue weighted by molar-refractivity contribution is 5.98. The lowest BCUT2D eigenvalue weighted by Crippen LogP contribution is -2.65. The number of aromatic hydroxyl groups is 1. The Labute approximate surface area is 418 Å². The molecule has 72 heavy (non-hydrogen) atoms. The smallest absolute Gasteiger partial charge is 0.326 e. The van der Waals surface area contributed by atoms with Gasteiger partial charge in [0.25, 0.3) is 0 Å². The monoisotopic (exact) mass is 1000 g/mol. The molecule has 7 amide bonds. The molecule has 1 aliphatic heterocycles. The summed E-state index contributed by atoms with van der Waals surface area (Å²) in [5, 5.41) is 36.2. The number of nitrogens with zero attached hydrogens (tertiary/aromatic N) is 3. The maximum absolute atomic E-state index is 14.5. The van der Waals surface area contributed by atoms with Crippen molar-refractivity contribution >= 4 is 53.3 Å². The summed E-state index contributed by atoms with van der Waals surface area (Å²) in [6, 6.07) is 6.05. The molecule has 1 fully saturated rings.